The third-order valence-corrected chi connectivity index (χ3v) is 3.08. The molecule has 0 fully saturated rings. The predicted molar refractivity (Wildman–Crippen MR) is 64.2 cm³/mol. The molecule has 0 spiro atoms. The monoisotopic (exact) mass is 227 g/mol. The van der Waals surface area contributed by atoms with Gasteiger partial charge in [-0.25, -0.2) is 9.97 Å². The van der Waals surface area contributed by atoms with Gasteiger partial charge in [0.15, 0.2) is 0 Å². The van der Waals surface area contributed by atoms with Gasteiger partial charge in [0, 0.05) is 6.54 Å². The Balaban J connectivity index is 2.54. The Kier molecular flexibility index (Phi) is 3.91. The third-order valence-electron chi connectivity index (χ3n) is 2.89. The summed E-state index contributed by atoms with van der Waals surface area (Å²) in [5, 5.41) is 3.77. The van der Waals surface area contributed by atoms with E-state index in [9.17, 15) is 0 Å². The fourth-order valence-corrected chi connectivity index (χ4v) is 1.01. The molecule has 0 saturated heterocycles. The second-order valence-corrected chi connectivity index (χ2v) is 5.16. The normalized spacial score (nSPS) is 11.9. The molecule has 1 N–H and O–H groups in total. The average molecular weight is 228 g/mol. The van der Waals surface area contributed by atoms with Gasteiger partial charge in [0.1, 0.15) is 0 Å². The van der Waals surface area contributed by atoms with Crippen LogP contribution in [0, 0.1) is 11.3 Å². The van der Waals surface area contributed by atoms with Crippen LogP contribution in [-0.2, 0) is 0 Å². The molecule has 0 unspecified atom stereocenters. The van der Waals surface area contributed by atoms with Crippen molar-refractivity contribution in [3.8, 4) is 0 Å². The number of aromatic nitrogens is 2. The van der Waals surface area contributed by atoms with Gasteiger partial charge in [0.2, 0.25) is 5.95 Å². The van der Waals surface area contributed by atoms with E-state index in [1.165, 1.54) is 0 Å². The molecule has 0 radical (unpaired) electrons. The molecule has 1 rings (SSSR count). The summed E-state index contributed by atoms with van der Waals surface area (Å²) in [4.78, 5) is 8.17. The second kappa shape index (κ2) is 4.79. The van der Waals surface area contributed by atoms with E-state index < -0.39 is 0 Å². The molecule has 1 aromatic rings. The summed E-state index contributed by atoms with van der Waals surface area (Å²) in [6.45, 7) is 9.72. The van der Waals surface area contributed by atoms with E-state index in [1.807, 2.05) is 0 Å². The molecule has 0 aromatic carbocycles. The van der Waals surface area contributed by atoms with Crippen molar-refractivity contribution in [3.05, 3.63) is 17.4 Å². The van der Waals surface area contributed by atoms with Crippen LogP contribution >= 0.6 is 11.6 Å². The van der Waals surface area contributed by atoms with E-state index in [2.05, 4.69) is 43.0 Å². The lowest BCUT2D eigenvalue weighted by atomic mass is 9.81. The Morgan fingerprint density at radius 2 is 1.87 bits per heavy atom. The smallest absolute Gasteiger partial charge is 0.222 e. The van der Waals surface area contributed by atoms with Crippen molar-refractivity contribution < 1.29 is 0 Å². The third kappa shape index (κ3) is 3.67. The van der Waals surface area contributed by atoms with Crippen LogP contribution in [0.15, 0.2) is 12.4 Å². The Labute approximate surface area is 96.3 Å². The summed E-state index contributed by atoms with van der Waals surface area (Å²) in [7, 11) is 0. The molecular weight excluding hydrogens is 210 g/mol. The first-order chi connectivity index (χ1) is 6.92. The van der Waals surface area contributed by atoms with Gasteiger partial charge in [0.25, 0.3) is 0 Å². The van der Waals surface area contributed by atoms with E-state index >= 15 is 0 Å². The maximum Gasteiger partial charge on any atom is 0.222 e. The summed E-state index contributed by atoms with van der Waals surface area (Å²) in [5.41, 5.74) is 0.225. The molecule has 0 amide bonds. The number of hydrogen-bond donors (Lipinski definition) is 1. The first-order valence-corrected chi connectivity index (χ1v) is 5.51. The minimum Gasteiger partial charge on any atom is -0.354 e. The van der Waals surface area contributed by atoms with Crippen molar-refractivity contribution in [2.45, 2.75) is 27.7 Å². The van der Waals surface area contributed by atoms with Crippen molar-refractivity contribution in [1.82, 2.24) is 9.97 Å². The molecule has 0 bridgehead atoms. The van der Waals surface area contributed by atoms with Gasteiger partial charge in [-0.2, -0.15) is 0 Å². The van der Waals surface area contributed by atoms with E-state index in [4.69, 9.17) is 11.6 Å². The van der Waals surface area contributed by atoms with Crippen LogP contribution in [0.5, 0.6) is 0 Å². The lowest BCUT2D eigenvalue weighted by molar-refractivity contribution is 0.269. The molecular formula is C11H18ClN3. The Morgan fingerprint density at radius 1 is 1.33 bits per heavy atom. The zero-order valence-corrected chi connectivity index (χ0v) is 10.5. The van der Waals surface area contributed by atoms with E-state index in [-0.39, 0.29) is 5.41 Å². The van der Waals surface area contributed by atoms with Crippen LogP contribution in [0.2, 0.25) is 5.02 Å². The lowest BCUT2D eigenvalue weighted by Gasteiger charge is -2.29. The summed E-state index contributed by atoms with van der Waals surface area (Å²) >= 11 is 5.70. The van der Waals surface area contributed by atoms with Gasteiger partial charge in [-0.3, -0.25) is 0 Å². The molecule has 0 saturated carbocycles. The van der Waals surface area contributed by atoms with Crippen LogP contribution in [0.1, 0.15) is 27.7 Å². The van der Waals surface area contributed by atoms with Crippen molar-refractivity contribution >= 4 is 17.5 Å². The topological polar surface area (TPSA) is 37.8 Å². The Hall–Kier alpha value is -0.830. The van der Waals surface area contributed by atoms with Crippen molar-refractivity contribution in [2.75, 3.05) is 11.9 Å². The highest BCUT2D eigenvalue weighted by Gasteiger charge is 2.22. The van der Waals surface area contributed by atoms with Crippen LogP contribution in [0.25, 0.3) is 0 Å². The maximum atomic E-state index is 5.70. The largest absolute Gasteiger partial charge is 0.354 e. The number of halogens is 1. The zero-order chi connectivity index (χ0) is 11.5. The van der Waals surface area contributed by atoms with Gasteiger partial charge in [-0.05, 0) is 11.3 Å². The van der Waals surface area contributed by atoms with Gasteiger partial charge < -0.3 is 5.32 Å². The summed E-state index contributed by atoms with van der Waals surface area (Å²) in [6.07, 6.45) is 3.19. The highest BCUT2D eigenvalue weighted by molar-refractivity contribution is 6.30. The van der Waals surface area contributed by atoms with Crippen molar-refractivity contribution in [1.29, 1.82) is 0 Å². The predicted octanol–water partition coefficient (Wildman–Crippen LogP) is 3.22. The molecule has 1 aromatic heterocycles. The van der Waals surface area contributed by atoms with Gasteiger partial charge in [0.05, 0.1) is 17.4 Å². The fourth-order valence-electron chi connectivity index (χ4n) is 0.915. The molecule has 0 aliphatic heterocycles. The summed E-state index contributed by atoms with van der Waals surface area (Å²) < 4.78 is 0. The van der Waals surface area contributed by atoms with Gasteiger partial charge in [-0.15, -0.1) is 0 Å². The highest BCUT2D eigenvalue weighted by atomic mass is 35.5. The first-order valence-electron chi connectivity index (χ1n) is 5.13. The number of anilines is 1. The van der Waals surface area contributed by atoms with Crippen LogP contribution < -0.4 is 5.32 Å². The van der Waals surface area contributed by atoms with Gasteiger partial charge in [-0.1, -0.05) is 39.3 Å². The lowest BCUT2D eigenvalue weighted by Crippen LogP contribution is -2.29. The molecule has 15 heavy (non-hydrogen) atoms. The fraction of sp³-hybridized carbons (Fsp3) is 0.636. The highest BCUT2D eigenvalue weighted by Crippen LogP contribution is 2.25. The number of nitrogens with zero attached hydrogens (tertiary/aromatic N) is 2. The number of hydrogen-bond acceptors (Lipinski definition) is 3. The minimum absolute atomic E-state index is 0.225. The number of nitrogens with one attached hydrogen (secondary N) is 1. The number of rotatable bonds is 4. The summed E-state index contributed by atoms with van der Waals surface area (Å²) in [5.74, 6) is 1.24. The zero-order valence-electron chi connectivity index (χ0n) is 9.71. The molecule has 0 aliphatic rings. The van der Waals surface area contributed by atoms with Crippen molar-refractivity contribution in [3.63, 3.8) is 0 Å². The van der Waals surface area contributed by atoms with Crippen LogP contribution in [-0.4, -0.2) is 16.5 Å². The molecule has 84 valence electrons. The quantitative estimate of drug-likeness (QED) is 0.858. The van der Waals surface area contributed by atoms with E-state index in [1.54, 1.807) is 12.4 Å². The summed E-state index contributed by atoms with van der Waals surface area (Å²) in [6, 6.07) is 0. The molecule has 0 atom stereocenters. The van der Waals surface area contributed by atoms with Crippen LogP contribution in [0.3, 0.4) is 0 Å². The first kappa shape index (κ1) is 12.2. The maximum absolute atomic E-state index is 5.70. The molecule has 0 aliphatic carbocycles. The van der Waals surface area contributed by atoms with Crippen LogP contribution in [0.4, 0.5) is 5.95 Å². The Bertz CT molecular complexity index is 306. The van der Waals surface area contributed by atoms with E-state index in [0.29, 0.717) is 16.9 Å². The Morgan fingerprint density at radius 3 is 2.33 bits per heavy atom. The minimum atomic E-state index is 0.225. The van der Waals surface area contributed by atoms with Crippen molar-refractivity contribution in [2.24, 2.45) is 11.3 Å². The molecule has 4 heteroatoms. The SMILES string of the molecule is CC(C)C(C)(C)CNc1ncc(Cl)cn1. The standard InChI is InChI=1S/C11H18ClN3/c1-8(2)11(3,4)7-15-10-13-5-9(12)6-14-10/h5-6,8H,7H2,1-4H3,(H,13,14,15). The second-order valence-electron chi connectivity index (χ2n) is 4.72. The van der Waals surface area contributed by atoms with E-state index in [0.717, 1.165) is 6.54 Å². The molecule has 1 heterocycles. The molecule has 3 nitrogen and oxygen atoms in total. The average Bonchev–Trinajstić information content (AvgIpc) is 2.17. The van der Waals surface area contributed by atoms with Gasteiger partial charge >= 0.3 is 0 Å².